The molecule has 0 unspecified atom stereocenters. The average Bonchev–Trinajstić information content (AvgIpc) is 2.97. The maximum Gasteiger partial charge on any atom is 0.337 e. The highest BCUT2D eigenvalue weighted by Crippen LogP contribution is 2.36. The van der Waals surface area contributed by atoms with Crippen molar-refractivity contribution in [2.45, 2.75) is 56.8 Å². The van der Waals surface area contributed by atoms with Crippen LogP contribution in [-0.2, 0) is 39.7 Å². The number of benzene rings is 1. The summed E-state index contributed by atoms with van der Waals surface area (Å²) in [6, 6.07) is 5.49. The minimum absolute atomic E-state index is 0.0491. The van der Waals surface area contributed by atoms with Crippen LogP contribution in [0, 0.1) is 5.92 Å². The fraction of sp³-hybridized carbons (Fsp3) is 0.556. The molecule has 4 rings (SSSR count). The molecule has 220 valence electrons. The lowest BCUT2D eigenvalue weighted by molar-refractivity contribution is -0.327. The Morgan fingerprint density at radius 3 is 2.52 bits per heavy atom. The Labute approximate surface area is 230 Å². The fourth-order valence-corrected chi connectivity index (χ4v) is 4.68. The van der Waals surface area contributed by atoms with Gasteiger partial charge >= 0.3 is 11.9 Å². The van der Waals surface area contributed by atoms with Gasteiger partial charge in [0.05, 0.1) is 38.6 Å². The number of rotatable bonds is 9. The van der Waals surface area contributed by atoms with Crippen LogP contribution in [0.1, 0.15) is 18.9 Å². The van der Waals surface area contributed by atoms with Gasteiger partial charge in [-0.25, -0.2) is 4.79 Å². The van der Waals surface area contributed by atoms with Crippen molar-refractivity contribution in [3.8, 4) is 11.5 Å². The second-order valence-corrected chi connectivity index (χ2v) is 9.36. The number of allylic oxidation sites excluding steroid dienone is 1. The van der Waals surface area contributed by atoms with E-state index in [0.29, 0.717) is 36.7 Å². The quantitative estimate of drug-likeness (QED) is 0.227. The van der Waals surface area contributed by atoms with Crippen LogP contribution < -0.4 is 9.47 Å². The lowest BCUT2D eigenvalue weighted by Crippen LogP contribution is -2.60. The van der Waals surface area contributed by atoms with E-state index in [1.54, 1.807) is 19.1 Å². The number of methoxy groups -OCH3 is 1. The van der Waals surface area contributed by atoms with Crippen LogP contribution >= 0.6 is 0 Å². The van der Waals surface area contributed by atoms with E-state index in [0.717, 1.165) is 11.8 Å². The van der Waals surface area contributed by atoms with E-state index in [9.17, 15) is 30.0 Å². The van der Waals surface area contributed by atoms with Crippen molar-refractivity contribution < 1.29 is 63.2 Å². The number of carbonyl (C=O) groups excluding carboxylic acids is 2. The van der Waals surface area contributed by atoms with Gasteiger partial charge in [-0.1, -0.05) is 12.1 Å². The molecule has 13 nitrogen and oxygen atoms in total. The first kappa shape index (κ1) is 29.8. The van der Waals surface area contributed by atoms with Crippen molar-refractivity contribution in [2.24, 2.45) is 5.92 Å². The summed E-state index contributed by atoms with van der Waals surface area (Å²) in [5, 5.41) is 39.9. The van der Waals surface area contributed by atoms with Gasteiger partial charge in [-0.3, -0.25) is 4.79 Å². The Kier molecular flexibility index (Phi) is 10.0. The molecule has 0 saturated carbocycles. The van der Waals surface area contributed by atoms with Gasteiger partial charge < -0.3 is 53.6 Å². The number of ether oxygens (including phenoxy) is 7. The van der Waals surface area contributed by atoms with Crippen molar-refractivity contribution in [1.29, 1.82) is 0 Å². The zero-order chi connectivity index (χ0) is 28.8. The summed E-state index contributed by atoms with van der Waals surface area (Å²) in [6.07, 6.45) is -5.97. The Morgan fingerprint density at radius 1 is 1.07 bits per heavy atom. The Hall–Kier alpha value is -3.20. The van der Waals surface area contributed by atoms with Crippen molar-refractivity contribution >= 4 is 11.9 Å². The predicted molar refractivity (Wildman–Crippen MR) is 134 cm³/mol. The second kappa shape index (κ2) is 13.4. The fourth-order valence-electron chi connectivity index (χ4n) is 4.68. The molecule has 0 bridgehead atoms. The highest BCUT2D eigenvalue weighted by atomic mass is 16.8. The summed E-state index contributed by atoms with van der Waals surface area (Å²) in [7, 11) is 1.19. The molecular formula is C27H34O13. The number of aliphatic hydroxyl groups is 4. The first-order valence-electron chi connectivity index (χ1n) is 12.9. The maximum absolute atomic E-state index is 12.9. The molecule has 4 N–H and O–H groups in total. The van der Waals surface area contributed by atoms with Gasteiger partial charge in [0.1, 0.15) is 37.6 Å². The Bertz CT molecular complexity index is 1110. The van der Waals surface area contributed by atoms with Gasteiger partial charge in [0.25, 0.3) is 0 Å². The monoisotopic (exact) mass is 566 g/mol. The van der Waals surface area contributed by atoms with Gasteiger partial charge in [-0.05, 0) is 24.6 Å². The molecule has 0 spiro atoms. The van der Waals surface area contributed by atoms with Gasteiger partial charge in [0, 0.05) is 17.9 Å². The van der Waals surface area contributed by atoms with E-state index in [2.05, 4.69) is 0 Å². The topological polar surface area (TPSA) is 180 Å². The SMILES string of the molecule is C/C=C1/[C@H](O[C@@H]2O[C@H](CO)[C@@H](O)[C@H](O)[C@H]2O)OC=C(C(=O)OC)[C@H]1CC(=O)OCCc1ccc2c(c1)OCCO2. The molecule has 3 aliphatic heterocycles. The maximum atomic E-state index is 12.9. The Balaban J connectivity index is 1.42. The smallest absolute Gasteiger partial charge is 0.337 e. The van der Waals surface area contributed by atoms with Crippen LogP contribution in [0.15, 0.2) is 41.7 Å². The summed E-state index contributed by atoms with van der Waals surface area (Å²) < 4.78 is 38.1. The first-order chi connectivity index (χ1) is 19.3. The number of carbonyl (C=O) groups is 2. The molecule has 1 saturated heterocycles. The average molecular weight is 567 g/mol. The predicted octanol–water partition coefficient (Wildman–Crippen LogP) is -0.274. The molecule has 13 heteroatoms. The zero-order valence-corrected chi connectivity index (χ0v) is 22.1. The third kappa shape index (κ3) is 6.57. The van der Waals surface area contributed by atoms with Crippen LogP contribution in [0.3, 0.4) is 0 Å². The molecule has 3 aliphatic rings. The van der Waals surface area contributed by atoms with Crippen LogP contribution in [0.2, 0.25) is 0 Å². The van der Waals surface area contributed by atoms with Crippen LogP contribution in [0.25, 0.3) is 0 Å². The van der Waals surface area contributed by atoms with E-state index >= 15 is 0 Å². The molecule has 0 aliphatic carbocycles. The van der Waals surface area contributed by atoms with Gasteiger partial charge in [-0.15, -0.1) is 0 Å². The summed E-state index contributed by atoms with van der Waals surface area (Å²) >= 11 is 0. The molecular weight excluding hydrogens is 532 g/mol. The van der Waals surface area contributed by atoms with E-state index < -0.39 is 61.5 Å². The largest absolute Gasteiger partial charge is 0.486 e. The lowest BCUT2D eigenvalue weighted by Gasteiger charge is -2.41. The third-order valence-corrected chi connectivity index (χ3v) is 6.86. The number of aliphatic hydroxyl groups excluding tert-OH is 4. The molecule has 0 aromatic heterocycles. The minimum atomic E-state index is -1.67. The standard InChI is InChI=1S/C27H34O13/c1-3-15-16(11-21(29)37-7-6-14-4-5-18-19(10-14)36-9-8-35-18)17(25(33)34-2)13-38-26(15)40-27-24(32)23(31)22(30)20(12-28)39-27/h3-5,10,13,16,20,22-24,26-28,30-32H,6-9,11-12H2,1-2H3/b15-3+/t16-,20+,22+,23-,24+,26-,27-/m0/s1. The lowest BCUT2D eigenvalue weighted by atomic mass is 9.86. The highest BCUT2D eigenvalue weighted by Gasteiger charge is 2.46. The summed E-state index contributed by atoms with van der Waals surface area (Å²) in [6.45, 7) is 2.03. The molecule has 0 radical (unpaired) electrons. The summed E-state index contributed by atoms with van der Waals surface area (Å²) in [4.78, 5) is 25.3. The van der Waals surface area contributed by atoms with E-state index in [1.165, 1.54) is 7.11 Å². The van der Waals surface area contributed by atoms with E-state index in [4.69, 9.17) is 33.2 Å². The number of esters is 2. The highest BCUT2D eigenvalue weighted by molar-refractivity contribution is 5.90. The minimum Gasteiger partial charge on any atom is -0.486 e. The third-order valence-electron chi connectivity index (χ3n) is 6.86. The van der Waals surface area contributed by atoms with Gasteiger partial charge in [0.2, 0.25) is 6.29 Å². The van der Waals surface area contributed by atoms with E-state index in [-0.39, 0.29) is 18.6 Å². The van der Waals surface area contributed by atoms with Crippen molar-refractivity contribution in [3.63, 3.8) is 0 Å². The molecule has 40 heavy (non-hydrogen) atoms. The molecule has 1 fully saturated rings. The number of fused-ring (bicyclic) bond motifs is 1. The molecule has 1 aromatic carbocycles. The van der Waals surface area contributed by atoms with Crippen LogP contribution in [0.5, 0.6) is 11.5 Å². The second-order valence-electron chi connectivity index (χ2n) is 9.36. The van der Waals surface area contributed by atoms with Crippen LogP contribution in [-0.4, -0.2) is 103 Å². The van der Waals surface area contributed by atoms with Gasteiger partial charge in [0.15, 0.2) is 17.8 Å². The summed E-state index contributed by atoms with van der Waals surface area (Å²) in [5.41, 5.74) is 1.28. The van der Waals surface area contributed by atoms with E-state index in [1.807, 2.05) is 12.1 Å². The van der Waals surface area contributed by atoms with Crippen molar-refractivity contribution in [3.05, 3.63) is 47.2 Å². The van der Waals surface area contributed by atoms with Crippen molar-refractivity contribution in [2.75, 3.05) is 33.5 Å². The first-order valence-corrected chi connectivity index (χ1v) is 12.9. The molecule has 3 heterocycles. The number of hydrogen-bond donors (Lipinski definition) is 4. The molecule has 7 atom stereocenters. The molecule has 0 amide bonds. The Morgan fingerprint density at radius 2 is 1.82 bits per heavy atom. The summed E-state index contributed by atoms with van der Waals surface area (Å²) in [5.74, 6) is -0.880. The van der Waals surface area contributed by atoms with Gasteiger partial charge in [-0.2, -0.15) is 0 Å². The zero-order valence-electron chi connectivity index (χ0n) is 22.1. The van der Waals surface area contributed by atoms with Crippen molar-refractivity contribution in [1.82, 2.24) is 0 Å². The number of hydrogen-bond acceptors (Lipinski definition) is 13. The normalized spacial score (nSPS) is 30.7. The van der Waals surface area contributed by atoms with Crippen LogP contribution in [0.4, 0.5) is 0 Å². The molecule has 1 aromatic rings.